The third-order valence-electron chi connectivity index (χ3n) is 1.67. The highest BCUT2D eigenvalue weighted by Gasteiger charge is 2.47. The lowest BCUT2D eigenvalue weighted by Gasteiger charge is -2.25. The number of hydrogen-bond acceptors (Lipinski definition) is 4. The van der Waals surface area contributed by atoms with Gasteiger partial charge in [-0.05, 0) is 6.90 Å². The molecule has 0 aromatic rings. The molecule has 0 saturated heterocycles. The smallest absolute Gasteiger partial charge is 0.337 e. The summed E-state index contributed by atoms with van der Waals surface area (Å²) < 4.78 is 6.79. The van der Waals surface area contributed by atoms with Crippen molar-refractivity contribution in [3.63, 3.8) is 0 Å². The van der Waals surface area contributed by atoms with E-state index >= 15 is 0 Å². The fourth-order valence-corrected chi connectivity index (χ4v) is 0.783. The second kappa shape index (κ2) is 4.05. The molecule has 0 spiro atoms. The number of rotatable bonds is 5. The van der Waals surface area contributed by atoms with Crippen molar-refractivity contribution in [2.24, 2.45) is 5.92 Å². The average Bonchev–Trinajstić information content (AvgIpc) is 2.02. The van der Waals surface area contributed by atoms with Crippen LogP contribution in [0, 0.1) is 5.92 Å². The standard InChI is InChI=1S/C7H10O7/c1-3(5(10)11)7(14,6(12)13)2-4(8)9/h3,14H,2H2,1H3,(H,8,9)(H,10,11)(H,12,13)/i1D. The molecule has 0 aliphatic carbocycles. The molecule has 0 aromatic carbocycles. The zero-order chi connectivity index (χ0) is 12.2. The van der Waals surface area contributed by atoms with Crippen molar-refractivity contribution in [1.29, 1.82) is 0 Å². The Hall–Kier alpha value is -1.63. The lowest BCUT2D eigenvalue weighted by atomic mass is 9.86. The first-order chi connectivity index (χ1) is 6.75. The Balaban J connectivity index is 5.15. The molecule has 0 bridgehead atoms. The summed E-state index contributed by atoms with van der Waals surface area (Å²) in [6, 6.07) is 0. The van der Waals surface area contributed by atoms with E-state index in [1.54, 1.807) is 0 Å². The molecule has 0 fully saturated rings. The van der Waals surface area contributed by atoms with E-state index in [4.69, 9.17) is 16.7 Å². The number of carbonyl (C=O) groups is 3. The molecule has 80 valence electrons. The molecule has 0 radical (unpaired) electrons. The first-order valence-electron chi connectivity index (χ1n) is 4.16. The van der Waals surface area contributed by atoms with Gasteiger partial charge in [0.15, 0.2) is 5.60 Å². The van der Waals surface area contributed by atoms with E-state index in [1.165, 1.54) is 0 Å². The van der Waals surface area contributed by atoms with Gasteiger partial charge in [-0.1, -0.05) is 0 Å². The minimum atomic E-state index is -2.96. The highest BCUT2D eigenvalue weighted by atomic mass is 16.4. The molecule has 0 rings (SSSR count). The third-order valence-corrected chi connectivity index (χ3v) is 1.67. The Bertz CT molecular complexity index is 289. The van der Waals surface area contributed by atoms with Crippen LogP contribution in [0.5, 0.6) is 0 Å². The predicted octanol–water partition coefficient (Wildman–Crippen LogP) is -1.00. The van der Waals surface area contributed by atoms with E-state index in [0.29, 0.717) is 0 Å². The van der Waals surface area contributed by atoms with Crippen LogP contribution in [0.4, 0.5) is 0 Å². The summed E-state index contributed by atoms with van der Waals surface area (Å²) in [6.45, 7) is -0.925. The molecular formula is C7H10O7. The quantitative estimate of drug-likeness (QED) is 0.454. The lowest BCUT2D eigenvalue weighted by molar-refractivity contribution is -0.177. The topological polar surface area (TPSA) is 132 Å². The summed E-state index contributed by atoms with van der Waals surface area (Å²) >= 11 is 0. The van der Waals surface area contributed by atoms with Gasteiger partial charge in [0.25, 0.3) is 0 Å². The van der Waals surface area contributed by atoms with Crippen LogP contribution in [0.15, 0.2) is 0 Å². The fraction of sp³-hybridized carbons (Fsp3) is 0.571. The van der Waals surface area contributed by atoms with Crippen molar-refractivity contribution in [2.45, 2.75) is 18.9 Å². The van der Waals surface area contributed by atoms with Gasteiger partial charge in [-0.25, -0.2) is 4.79 Å². The largest absolute Gasteiger partial charge is 0.481 e. The Labute approximate surface area is 80.0 Å². The van der Waals surface area contributed by atoms with Crippen LogP contribution in [-0.4, -0.2) is 43.9 Å². The molecule has 0 heterocycles. The van der Waals surface area contributed by atoms with E-state index in [0.717, 1.165) is 0 Å². The number of aliphatic hydroxyl groups is 1. The molecule has 0 aromatic heterocycles. The normalized spacial score (nSPS) is 17.6. The minimum absolute atomic E-state index is 0.925. The molecule has 0 aliphatic rings. The molecule has 7 nitrogen and oxygen atoms in total. The molecule has 14 heavy (non-hydrogen) atoms. The van der Waals surface area contributed by atoms with Crippen molar-refractivity contribution in [3.8, 4) is 0 Å². The van der Waals surface area contributed by atoms with Gasteiger partial charge in [0, 0.05) is 1.37 Å². The van der Waals surface area contributed by atoms with E-state index in [-0.39, 0.29) is 0 Å². The van der Waals surface area contributed by atoms with Gasteiger partial charge in [-0.15, -0.1) is 0 Å². The number of carboxylic acid groups (broad SMARTS) is 3. The number of hydrogen-bond donors (Lipinski definition) is 4. The summed E-state index contributed by atoms with van der Waals surface area (Å²) in [5.41, 5.74) is -2.96. The second-order valence-electron chi connectivity index (χ2n) is 2.69. The van der Waals surface area contributed by atoms with Gasteiger partial charge in [-0.2, -0.15) is 0 Å². The van der Waals surface area contributed by atoms with Crippen LogP contribution in [-0.2, 0) is 14.4 Å². The van der Waals surface area contributed by atoms with Gasteiger partial charge in [0.2, 0.25) is 0 Å². The van der Waals surface area contributed by atoms with E-state index < -0.39 is 42.7 Å². The molecule has 0 amide bonds. The van der Waals surface area contributed by atoms with Crippen LogP contribution in [0.25, 0.3) is 0 Å². The SMILES string of the molecule is [2H]CC(C(=O)O)C(O)(CC(=O)O)C(=O)O. The van der Waals surface area contributed by atoms with Crippen molar-refractivity contribution < 1.29 is 36.2 Å². The summed E-state index contributed by atoms with van der Waals surface area (Å²) in [4.78, 5) is 31.4. The van der Waals surface area contributed by atoms with Gasteiger partial charge in [-0.3, -0.25) is 9.59 Å². The number of aliphatic carboxylic acids is 3. The monoisotopic (exact) mass is 207 g/mol. The van der Waals surface area contributed by atoms with Crippen molar-refractivity contribution >= 4 is 17.9 Å². The molecular weight excluding hydrogens is 196 g/mol. The first-order valence-corrected chi connectivity index (χ1v) is 3.45. The first kappa shape index (κ1) is 10.5. The molecule has 7 heteroatoms. The Morgan fingerprint density at radius 3 is 2.07 bits per heavy atom. The van der Waals surface area contributed by atoms with Gasteiger partial charge in [0.05, 0.1) is 12.3 Å². The van der Waals surface area contributed by atoms with Crippen LogP contribution in [0.1, 0.15) is 14.7 Å². The average molecular weight is 207 g/mol. The van der Waals surface area contributed by atoms with Crippen LogP contribution in [0.2, 0.25) is 0 Å². The van der Waals surface area contributed by atoms with Gasteiger partial charge < -0.3 is 20.4 Å². The Morgan fingerprint density at radius 1 is 1.36 bits per heavy atom. The second-order valence-corrected chi connectivity index (χ2v) is 2.69. The molecule has 2 unspecified atom stereocenters. The summed E-state index contributed by atoms with van der Waals surface area (Å²) in [6.07, 6.45) is -1.27. The van der Waals surface area contributed by atoms with E-state index in [1.807, 2.05) is 0 Å². The summed E-state index contributed by atoms with van der Waals surface area (Å²) in [5.74, 6) is -7.33. The van der Waals surface area contributed by atoms with Crippen LogP contribution < -0.4 is 0 Å². The maximum atomic E-state index is 10.6. The minimum Gasteiger partial charge on any atom is -0.481 e. The van der Waals surface area contributed by atoms with Crippen molar-refractivity contribution in [3.05, 3.63) is 0 Å². The lowest BCUT2D eigenvalue weighted by Crippen LogP contribution is -2.49. The predicted molar refractivity (Wildman–Crippen MR) is 41.6 cm³/mol. The molecule has 0 aliphatic heterocycles. The third kappa shape index (κ3) is 2.43. The maximum absolute atomic E-state index is 10.6. The molecule has 4 N–H and O–H groups in total. The van der Waals surface area contributed by atoms with Crippen molar-refractivity contribution in [2.75, 3.05) is 0 Å². The summed E-state index contributed by atoms with van der Waals surface area (Å²) in [5, 5.41) is 34.9. The fourth-order valence-electron chi connectivity index (χ4n) is 0.783. The Kier molecular flexibility index (Phi) is 3.03. The molecule has 0 saturated carbocycles. The zero-order valence-electron chi connectivity index (χ0n) is 8.01. The molecule has 2 atom stereocenters. The summed E-state index contributed by atoms with van der Waals surface area (Å²) in [7, 11) is 0. The highest BCUT2D eigenvalue weighted by molar-refractivity contribution is 5.89. The van der Waals surface area contributed by atoms with Gasteiger partial charge in [0.1, 0.15) is 0 Å². The number of carboxylic acids is 3. The zero-order valence-corrected chi connectivity index (χ0v) is 7.01. The maximum Gasteiger partial charge on any atom is 0.337 e. The van der Waals surface area contributed by atoms with Gasteiger partial charge >= 0.3 is 17.9 Å². The van der Waals surface area contributed by atoms with Crippen LogP contribution >= 0.6 is 0 Å². The van der Waals surface area contributed by atoms with Crippen LogP contribution in [0.3, 0.4) is 0 Å². The van der Waals surface area contributed by atoms with E-state index in [2.05, 4.69) is 0 Å². The Morgan fingerprint density at radius 2 is 1.86 bits per heavy atom. The van der Waals surface area contributed by atoms with E-state index in [9.17, 15) is 19.5 Å². The van der Waals surface area contributed by atoms with Crippen molar-refractivity contribution in [1.82, 2.24) is 0 Å². The highest BCUT2D eigenvalue weighted by Crippen LogP contribution is 2.22.